The largest absolute Gasteiger partial charge is 0.484 e. The number of piperazine rings is 1. The number of piperidine rings is 1. The van der Waals surface area contributed by atoms with Gasteiger partial charge in [0.1, 0.15) is 17.1 Å². The number of nitrogens with one attached hydrogen (secondary N) is 3. The van der Waals surface area contributed by atoms with E-state index in [1.165, 1.54) is 0 Å². The first-order valence-electron chi connectivity index (χ1n) is 18.9. The van der Waals surface area contributed by atoms with Gasteiger partial charge in [-0.05, 0) is 79.8 Å². The predicted octanol–water partition coefficient (Wildman–Crippen LogP) is 4.14. The summed E-state index contributed by atoms with van der Waals surface area (Å²) >= 11 is 0. The van der Waals surface area contributed by atoms with E-state index >= 15 is 0 Å². The van der Waals surface area contributed by atoms with Gasteiger partial charge in [-0.3, -0.25) is 29.4 Å². The lowest BCUT2D eigenvalue weighted by molar-refractivity contribution is -0.134. The maximum atomic E-state index is 13.0. The fraction of sp³-hybridized carbons (Fsp3) is 0.450. The van der Waals surface area contributed by atoms with Gasteiger partial charge in [0.05, 0.1) is 5.92 Å². The molecule has 3 aliphatic rings. The Bertz CT molecular complexity index is 2010. The molecule has 1 atom stereocenters. The standard InChI is InChI=1S/C40H49N9O5/c1-26-8-13-31(23-33(26)32-14-15-35(50)44-38(32)52)54-25-36(51)41-16-17-47-18-20-48(21-19-47)29-11-9-28(10-12-29)43-40-42-24-27-22-34(39(53)46(2)3)49(37(27)45-40)30-6-4-5-7-30/h8-13,22-24,30,32H,4-7,14-21,25H2,1-3H3,(H,41,51)(H,42,43,45)(H,44,50,52). The fourth-order valence-corrected chi connectivity index (χ4v) is 7.74. The molecule has 7 rings (SSSR count). The molecule has 0 radical (unpaired) electrons. The Balaban J connectivity index is 0.862. The minimum Gasteiger partial charge on any atom is -0.484 e. The molecule has 4 aromatic rings. The van der Waals surface area contributed by atoms with E-state index in [1.807, 2.05) is 31.2 Å². The minimum absolute atomic E-state index is 0.0250. The summed E-state index contributed by atoms with van der Waals surface area (Å²) in [5, 5.41) is 9.58. The third kappa shape index (κ3) is 8.33. The monoisotopic (exact) mass is 735 g/mol. The van der Waals surface area contributed by atoms with Crippen LogP contribution in [-0.4, -0.2) is 108 Å². The smallest absolute Gasteiger partial charge is 0.270 e. The van der Waals surface area contributed by atoms with Crippen molar-refractivity contribution >= 4 is 52.0 Å². The van der Waals surface area contributed by atoms with Gasteiger partial charge < -0.3 is 29.7 Å². The van der Waals surface area contributed by atoms with Crippen LogP contribution in [0.2, 0.25) is 0 Å². The quantitative estimate of drug-likeness (QED) is 0.181. The van der Waals surface area contributed by atoms with Crippen LogP contribution in [0.25, 0.3) is 11.0 Å². The summed E-state index contributed by atoms with van der Waals surface area (Å²) in [6.07, 6.45) is 6.95. The van der Waals surface area contributed by atoms with Gasteiger partial charge in [0, 0.05) is 88.8 Å². The summed E-state index contributed by atoms with van der Waals surface area (Å²) in [7, 11) is 3.56. The lowest BCUT2D eigenvalue weighted by Gasteiger charge is -2.36. The first-order valence-corrected chi connectivity index (χ1v) is 18.9. The van der Waals surface area contributed by atoms with E-state index < -0.39 is 5.92 Å². The van der Waals surface area contributed by atoms with Crippen molar-refractivity contribution in [2.24, 2.45) is 0 Å². The van der Waals surface area contributed by atoms with Gasteiger partial charge >= 0.3 is 0 Å². The van der Waals surface area contributed by atoms with Gasteiger partial charge in [-0.25, -0.2) is 4.98 Å². The molecule has 14 heteroatoms. The number of amides is 4. The van der Waals surface area contributed by atoms with Crippen molar-refractivity contribution in [1.82, 2.24) is 35.0 Å². The Morgan fingerprint density at radius 1 is 0.981 bits per heavy atom. The van der Waals surface area contributed by atoms with E-state index in [2.05, 4.69) is 47.4 Å². The summed E-state index contributed by atoms with van der Waals surface area (Å²) in [4.78, 5) is 65.3. The van der Waals surface area contributed by atoms with E-state index in [1.54, 1.807) is 37.3 Å². The zero-order valence-electron chi connectivity index (χ0n) is 31.3. The Morgan fingerprint density at radius 3 is 2.46 bits per heavy atom. The zero-order valence-corrected chi connectivity index (χ0v) is 31.3. The molecule has 0 spiro atoms. The molecule has 2 aromatic carbocycles. The number of benzene rings is 2. The maximum Gasteiger partial charge on any atom is 0.270 e. The van der Waals surface area contributed by atoms with E-state index in [4.69, 9.17) is 9.72 Å². The molecule has 1 saturated carbocycles. The molecule has 3 fully saturated rings. The fourth-order valence-electron chi connectivity index (χ4n) is 7.74. The van der Waals surface area contributed by atoms with Crippen LogP contribution in [0.4, 0.5) is 17.3 Å². The van der Waals surface area contributed by atoms with Crippen LogP contribution < -0.4 is 25.6 Å². The normalized spacial score (nSPS) is 18.1. The van der Waals surface area contributed by atoms with Gasteiger partial charge in [0.2, 0.25) is 17.8 Å². The molecular weight excluding hydrogens is 686 g/mol. The highest BCUT2D eigenvalue weighted by Crippen LogP contribution is 2.35. The third-order valence-electron chi connectivity index (χ3n) is 10.7. The van der Waals surface area contributed by atoms with E-state index in [0.717, 1.165) is 91.9 Å². The van der Waals surface area contributed by atoms with E-state index in [9.17, 15) is 19.2 Å². The van der Waals surface area contributed by atoms with Crippen LogP contribution in [0.1, 0.15) is 72.1 Å². The van der Waals surface area contributed by atoms with Crippen LogP contribution in [0, 0.1) is 6.92 Å². The lowest BCUT2D eigenvalue weighted by Crippen LogP contribution is -2.48. The number of carbonyl (C=O) groups excluding carboxylic acids is 4. The highest BCUT2D eigenvalue weighted by atomic mass is 16.5. The number of rotatable bonds is 12. The highest BCUT2D eigenvalue weighted by Gasteiger charge is 2.30. The molecule has 1 unspecified atom stereocenters. The van der Waals surface area contributed by atoms with Crippen molar-refractivity contribution in [1.29, 1.82) is 0 Å². The summed E-state index contributed by atoms with van der Waals surface area (Å²) in [5.41, 5.74) is 5.23. The number of hydrogen-bond donors (Lipinski definition) is 3. The summed E-state index contributed by atoms with van der Waals surface area (Å²) < 4.78 is 7.88. The number of ether oxygens (including phenoxy) is 1. The molecule has 2 aliphatic heterocycles. The Kier molecular flexibility index (Phi) is 11.1. The Hall–Kier alpha value is -5.50. The average molecular weight is 736 g/mol. The molecule has 2 saturated heterocycles. The number of nitrogens with zero attached hydrogens (tertiary/aromatic N) is 6. The van der Waals surface area contributed by atoms with E-state index in [0.29, 0.717) is 36.8 Å². The number of aromatic nitrogens is 3. The molecule has 2 aromatic heterocycles. The van der Waals surface area contributed by atoms with Crippen LogP contribution >= 0.6 is 0 Å². The average Bonchev–Trinajstić information content (AvgIpc) is 3.83. The second-order valence-electron chi connectivity index (χ2n) is 14.7. The molecule has 4 amide bonds. The van der Waals surface area contributed by atoms with E-state index in [-0.39, 0.29) is 36.3 Å². The molecule has 1 aliphatic carbocycles. The first kappa shape index (κ1) is 36.8. The van der Waals surface area contributed by atoms with Crippen molar-refractivity contribution in [2.75, 3.05) is 70.2 Å². The maximum absolute atomic E-state index is 13.0. The Labute approximate surface area is 315 Å². The van der Waals surface area contributed by atoms with Crippen molar-refractivity contribution in [3.63, 3.8) is 0 Å². The number of carbonyl (C=O) groups is 4. The van der Waals surface area contributed by atoms with Crippen molar-refractivity contribution in [2.45, 2.75) is 57.4 Å². The van der Waals surface area contributed by atoms with Crippen molar-refractivity contribution in [3.8, 4) is 5.75 Å². The predicted molar refractivity (Wildman–Crippen MR) is 206 cm³/mol. The number of imide groups is 1. The molecule has 284 valence electrons. The summed E-state index contributed by atoms with van der Waals surface area (Å²) in [6.45, 7) is 6.57. The van der Waals surface area contributed by atoms with Crippen LogP contribution in [0.5, 0.6) is 5.75 Å². The van der Waals surface area contributed by atoms with Crippen molar-refractivity contribution < 1.29 is 23.9 Å². The number of hydrogen-bond acceptors (Lipinski definition) is 10. The molecule has 3 N–H and O–H groups in total. The van der Waals surface area contributed by atoms with Crippen molar-refractivity contribution in [3.05, 3.63) is 71.5 Å². The first-order chi connectivity index (χ1) is 26.1. The molecule has 14 nitrogen and oxygen atoms in total. The van der Waals surface area contributed by atoms with Gasteiger partial charge in [-0.1, -0.05) is 18.9 Å². The number of aryl methyl sites for hydroxylation is 1. The number of anilines is 3. The van der Waals surface area contributed by atoms with Gasteiger partial charge in [-0.15, -0.1) is 0 Å². The SMILES string of the molecule is Cc1ccc(OCC(=O)NCCN2CCN(c3ccc(Nc4ncc5cc(C(=O)N(C)C)n(C6CCCC6)c5n4)cc3)CC2)cc1C1CCC(=O)NC1=O. The third-order valence-corrected chi connectivity index (χ3v) is 10.7. The van der Waals surface area contributed by atoms with Crippen LogP contribution in [0.15, 0.2) is 54.7 Å². The second kappa shape index (κ2) is 16.3. The molecule has 54 heavy (non-hydrogen) atoms. The number of fused-ring (bicyclic) bond motifs is 1. The van der Waals surface area contributed by atoms with Crippen LogP contribution in [0.3, 0.4) is 0 Å². The minimum atomic E-state index is -0.406. The molecule has 4 heterocycles. The summed E-state index contributed by atoms with van der Waals surface area (Å²) in [5.74, 6) is -0.165. The molecular formula is C40H49N9O5. The Morgan fingerprint density at radius 2 is 1.74 bits per heavy atom. The molecule has 0 bridgehead atoms. The van der Waals surface area contributed by atoms with Crippen LogP contribution in [-0.2, 0) is 14.4 Å². The van der Waals surface area contributed by atoms with Gasteiger partial charge in [0.25, 0.3) is 11.8 Å². The second-order valence-corrected chi connectivity index (χ2v) is 14.7. The zero-order chi connectivity index (χ0) is 37.8. The van der Waals surface area contributed by atoms with Gasteiger partial charge in [-0.2, -0.15) is 4.98 Å². The van der Waals surface area contributed by atoms with Gasteiger partial charge in [0.15, 0.2) is 6.61 Å². The lowest BCUT2D eigenvalue weighted by atomic mass is 9.88. The topological polar surface area (TPSA) is 154 Å². The highest BCUT2D eigenvalue weighted by molar-refractivity contribution is 6.01. The summed E-state index contributed by atoms with van der Waals surface area (Å²) in [6, 6.07) is 15.9.